The van der Waals surface area contributed by atoms with Crippen LogP contribution in [0.2, 0.25) is 0 Å². The summed E-state index contributed by atoms with van der Waals surface area (Å²) in [6.45, 7) is 1.78. The van der Waals surface area contributed by atoms with Crippen LogP contribution in [0.15, 0.2) is 40.9 Å². The first kappa shape index (κ1) is 19.2. The van der Waals surface area contributed by atoms with Gasteiger partial charge in [-0.25, -0.2) is 0 Å². The summed E-state index contributed by atoms with van der Waals surface area (Å²) in [7, 11) is 4.61. The highest BCUT2D eigenvalue weighted by atomic mass is 16.5. The number of nitrogens with one attached hydrogen (secondary N) is 1. The summed E-state index contributed by atoms with van der Waals surface area (Å²) in [5.41, 5.74) is 1.88. The number of anilines is 1. The maximum Gasteiger partial charge on any atom is 0.260 e. The van der Waals surface area contributed by atoms with Gasteiger partial charge in [-0.05, 0) is 24.3 Å². The summed E-state index contributed by atoms with van der Waals surface area (Å²) in [4.78, 5) is 16.2. The first-order valence-corrected chi connectivity index (χ1v) is 8.64. The second-order valence-corrected chi connectivity index (χ2v) is 5.78. The van der Waals surface area contributed by atoms with Crippen molar-refractivity contribution in [3.63, 3.8) is 0 Å². The Kier molecular flexibility index (Phi) is 5.78. The van der Waals surface area contributed by atoms with Crippen LogP contribution in [-0.2, 0) is 4.79 Å². The monoisotopic (exact) mass is 383 g/mol. The number of rotatable bonds is 7. The number of ether oxygens (including phenoxy) is 3. The predicted molar refractivity (Wildman–Crippen MR) is 104 cm³/mol. The van der Waals surface area contributed by atoms with Gasteiger partial charge in [0.15, 0.2) is 11.5 Å². The van der Waals surface area contributed by atoms with Crippen LogP contribution in [0.25, 0.3) is 22.8 Å². The van der Waals surface area contributed by atoms with Gasteiger partial charge in [0.05, 0.1) is 32.6 Å². The Labute approximate surface area is 162 Å². The molecule has 0 unspecified atom stereocenters. The van der Waals surface area contributed by atoms with E-state index in [-0.39, 0.29) is 11.8 Å². The van der Waals surface area contributed by atoms with Crippen molar-refractivity contribution in [2.24, 2.45) is 0 Å². The van der Waals surface area contributed by atoms with E-state index in [2.05, 4.69) is 15.5 Å². The van der Waals surface area contributed by atoms with Gasteiger partial charge in [-0.15, -0.1) is 0 Å². The van der Waals surface area contributed by atoms with Crippen molar-refractivity contribution >= 4 is 11.6 Å². The number of methoxy groups -OCH3 is 3. The van der Waals surface area contributed by atoms with Crippen molar-refractivity contribution < 1.29 is 23.5 Å². The molecule has 3 aromatic rings. The van der Waals surface area contributed by atoms with Crippen LogP contribution in [0.1, 0.15) is 13.3 Å². The Morgan fingerprint density at radius 2 is 1.75 bits per heavy atom. The topological polar surface area (TPSA) is 95.7 Å². The third-order valence-electron chi connectivity index (χ3n) is 4.10. The van der Waals surface area contributed by atoms with Crippen LogP contribution >= 0.6 is 0 Å². The highest BCUT2D eigenvalue weighted by Crippen LogP contribution is 2.41. The molecule has 0 bridgehead atoms. The Hall–Kier alpha value is -3.55. The standard InChI is InChI=1S/C20H21N3O5/c1-5-17(24)21-14-9-7-6-8-13(14)20-22-19(23-28-20)12-10-15(25-2)18(27-4)16(11-12)26-3/h6-11H,5H2,1-4H3,(H,21,24). The molecule has 0 fully saturated rings. The van der Waals surface area contributed by atoms with Gasteiger partial charge in [-0.3, -0.25) is 4.79 Å². The minimum atomic E-state index is -0.100. The fraction of sp³-hybridized carbons (Fsp3) is 0.250. The first-order chi connectivity index (χ1) is 13.6. The lowest BCUT2D eigenvalue weighted by Gasteiger charge is -2.12. The first-order valence-electron chi connectivity index (χ1n) is 8.64. The molecule has 1 N–H and O–H groups in total. The molecule has 28 heavy (non-hydrogen) atoms. The Bertz CT molecular complexity index is 958. The highest BCUT2D eigenvalue weighted by molar-refractivity contribution is 5.94. The van der Waals surface area contributed by atoms with Crippen LogP contribution in [0, 0.1) is 0 Å². The molecule has 146 valence electrons. The Morgan fingerprint density at radius 1 is 1.07 bits per heavy atom. The molecule has 0 aliphatic rings. The van der Waals surface area contributed by atoms with Gasteiger partial charge in [0.25, 0.3) is 5.89 Å². The summed E-state index contributed by atoms with van der Waals surface area (Å²) in [6.07, 6.45) is 0.370. The van der Waals surface area contributed by atoms with Crippen molar-refractivity contribution in [2.75, 3.05) is 26.6 Å². The number of benzene rings is 2. The van der Waals surface area contributed by atoms with E-state index in [1.807, 2.05) is 12.1 Å². The van der Waals surface area contributed by atoms with Crippen LogP contribution in [0.3, 0.4) is 0 Å². The van der Waals surface area contributed by atoms with Crippen molar-refractivity contribution in [3.8, 4) is 40.1 Å². The average Bonchev–Trinajstić information content (AvgIpc) is 3.22. The minimum Gasteiger partial charge on any atom is -0.493 e. The average molecular weight is 383 g/mol. The van der Waals surface area contributed by atoms with E-state index in [9.17, 15) is 4.79 Å². The lowest BCUT2D eigenvalue weighted by atomic mass is 10.1. The smallest absolute Gasteiger partial charge is 0.260 e. The maximum atomic E-state index is 11.8. The fourth-order valence-corrected chi connectivity index (χ4v) is 2.68. The van der Waals surface area contributed by atoms with E-state index in [0.29, 0.717) is 46.3 Å². The van der Waals surface area contributed by atoms with E-state index in [0.717, 1.165) is 0 Å². The molecule has 0 atom stereocenters. The number of para-hydroxylation sites is 1. The zero-order valence-corrected chi connectivity index (χ0v) is 16.1. The predicted octanol–water partition coefficient (Wildman–Crippen LogP) is 3.78. The molecule has 8 heteroatoms. The van der Waals surface area contributed by atoms with Gasteiger partial charge in [-0.1, -0.05) is 24.2 Å². The Morgan fingerprint density at radius 3 is 2.36 bits per heavy atom. The molecule has 0 aliphatic carbocycles. The van der Waals surface area contributed by atoms with E-state index in [1.165, 1.54) is 21.3 Å². The van der Waals surface area contributed by atoms with Crippen LogP contribution in [-0.4, -0.2) is 37.4 Å². The number of amides is 1. The molecule has 2 aromatic carbocycles. The number of hydrogen-bond donors (Lipinski definition) is 1. The van der Waals surface area contributed by atoms with Crippen molar-refractivity contribution in [1.29, 1.82) is 0 Å². The van der Waals surface area contributed by atoms with Gasteiger partial charge in [0.2, 0.25) is 17.5 Å². The molecule has 1 aromatic heterocycles. The molecule has 8 nitrogen and oxygen atoms in total. The summed E-state index contributed by atoms with van der Waals surface area (Å²) in [5, 5.41) is 6.89. The second kappa shape index (κ2) is 8.43. The van der Waals surface area contributed by atoms with Crippen molar-refractivity contribution in [3.05, 3.63) is 36.4 Å². The van der Waals surface area contributed by atoms with E-state index < -0.39 is 0 Å². The van der Waals surface area contributed by atoms with Gasteiger partial charge in [0, 0.05) is 12.0 Å². The van der Waals surface area contributed by atoms with Gasteiger partial charge < -0.3 is 24.1 Å². The van der Waals surface area contributed by atoms with Crippen LogP contribution in [0.4, 0.5) is 5.69 Å². The lowest BCUT2D eigenvalue weighted by Crippen LogP contribution is -2.10. The van der Waals surface area contributed by atoms with E-state index in [1.54, 1.807) is 31.2 Å². The van der Waals surface area contributed by atoms with Crippen LogP contribution < -0.4 is 19.5 Å². The van der Waals surface area contributed by atoms with Crippen molar-refractivity contribution in [2.45, 2.75) is 13.3 Å². The largest absolute Gasteiger partial charge is 0.493 e. The van der Waals surface area contributed by atoms with Gasteiger partial charge >= 0.3 is 0 Å². The molecular weight excluding hydrogens is 362 g/mol. The van der Waals surface area contributed by atoms with E-state index >= 15 is 0 Å². The summed E-state index contributed by atoms with van der Waals surface area (Å²) < 4.78 is 21.5. The summed E-state index contributed by atoms with van der Waals surface area (Å²) in [5.74, 6) is 1.99. The Balaban J connectivity index is 2.01. The molecule has 3 rings (SSSR count). The molecule has 0 saturated heterocycles. The molecule has 1 amide bonds. The number of nitrogens with zero attached hydrogens (tertiary/aromatic N) is 2. The number of aromatic nitrogens is 2. The minimum absolute atomic E-state index is 0.100. The zero-order chi connectivity index (χ0) is 20.1. The maximum absolute atomic E-state index is 11.8. The van der Waals surface area contributed by atoms with Gasteiger partial charge in [0.1, 0.15) is 0 Å². The highest BCUT2D eigenvalue weighted by Gasteiger charge is 2.19. The third-order valence-corrected chi connectivity index (χ3v) is 4.10. The molecule has 1 heterocycles. The molecule has 0 aliphatic heterocycles. The van der Waals surface area contributed by atoms with Crippen LogP contribution in [0.5, 0.6) is 17.2 Å². The number of carbonyl (C=O) groups excluding carboxylic acids is 1. The number of hydrogen-bond acceptors (Lipinski definition) is 7. The third kappa shape index (κ3) is 3.75. The summed E-state index contributed by atoms with van der Waals surface area (Å²) >= 11 is 0. The summed E-state index contributed by atoms with van der Waals surface area (Å²) in [6, 6.07) is 10.7. The normalized spacial score (nSPS) is 10.4. The number of carbonyl (C=O) groups is 1. The zero-order valence-electron chi connectivity index (χ0n) is 16.1. The molecule has 0 spiro atoms. The lowest BCUT2D eigenvalue weighted by molar-refractivity contribution is -0.115. The molecule has 0 saturated carbocycles. The molecular formula is C20H21N3O5. The van der Waals surface area contributed by atoms with E-state index in [4.69, 9.17) is 18.7 Å². The SMILES string of the molecule is CCC(=O)Nc1ccccc1-c1nc(-c2cc(OC)c(OC)c(OC)c2)no1. The molecule has 0 radical (unpaired) electrons. The van der Waals surface area contributed by atoms with Gasteiger partial charge in [-0.2, -0.15) is 4.98 Å². The van der Waals surface area contributed by atoms with Crippen molar-refractivity contribution in [1.82, 2.24) is 10.1 Å². The second-order valence-electron chi connectivity index (χ2n) is 5.78. The fourth-order valence-electron chi connectivity index (χ4n) is 2.68. The quantitative estimate of drug-likeness (QED) is 0.663.